The Labute approximate surface area is 105 Å². The fourth-order valence-corrected chi connectivity index (χ4v) is 3.16. The summed E-state index contributed by atoms with van der Waals surface area (Å²) in [7, 11) is 2.07. The lowest BCUT2D eigenvalue weighted by atomic mass is 9.81. The van der Waals surface area contributed by atoms with Crippen LogP contribution >= 0.6 is 0 Å². The highest BCUT2D eigenvalue weighted by Crippen LogP contribution is 2.37. The molecule has 1 aromatic rings. The van der Waals surface area contributed by atoms with Crippen molar-refractivity contribution < 1.29 is 0 Å². The van der Waals surface area contributed by atoms with E-state index < -0.39 is 0 Å². The predicted molar refractivity (Wildman–Crippen MR) is 72.2 cm³/mol. The van der Waals surface area contributed by atoms with Crippen molar-refractivity contribution in [1.82, 2.24) is 10.3 Å². The topological polar surface area (TPSA) is 24.9 Å². The summed E-state index contributed by atoms with van der Waals surface area (Å²) in [5, 5.41) is 3.36. The predicted octanol–water partition coefficient (Wildman–Crippen LogP) is 3.27. The van der Waals surface area contributed by atoms with Crippen LogP contribution in [0.2, 0.25) is 0 Å². The van der Waals surface area contributed by atoms with Gasteiger partial charge in [-0.15, -0.1) is 0 Å². The molecular weight excluding hydrogens is 208 g/mol. The summed E-state index contributed by atoms with van der Waals surface area (Å²) in [6, 6.07) is 2.15. The molecule has 0 aromatic carbocycles. The maximum atomic E-state index is 4.33. The lowest BCUT2D eigenvalue weighted by Gasteiger charge is -2.26. The number of aryl methyl sites for hydroxylation is 1. The van der Waals surface area contributed by atoms with E-state index in [1.54, 1.807) is 0 Å². The van der Waals surface area contributed by atoms with Crippen LogP contribution in [0.3, 0.4) is 0 Å². The molecule has 2 unspecified atom stereocenters. The van der Waals surface area contributed by atoms with Crippen LogP contribution in [-0.4, -0.2) is 18.6 Å². The highest BCUT2D eigenvalue weighted by atomic mass is 14.8. The van der Waals surface area contributed by atoms with Gasteiger partial charge in [-0.1, -0.05) is 19.3 Å². The molecule has 1 aliphatic rings. The van der Waals surface area contributed by atoms with Crippen LogP contribution in [0.4, 0.5) is 0 Å². The molecule has 0 spiro atoms. The van der Waals surface area contributed by atoms with Crippen molar-refractivity contribution in [3.63, 3.8) is 0 Å². The summed E-state index contributed by atoms with van der Waals surface area (Å²) in [4.78, 5) is 4.33. The summed E-state index contributed by atoms with van der Waals surface area (Å²) in [6.45, 7) is 3.36. The Kier molecular flexibility index (Phi) is 4.55. The number of nitrogens with zero attached hydrogens (tertiary/aromatic N) is 1. The van der Waals surface area contributed by atoms with Crippen LogP contribution in [0.5, 0.6) is 0 Å². The zero-order valence-electron chi connectivity index (χ0n) is 11.1. The highest BCUT2D eigenvalue weighted by molar-refractivity contribution is 5.26. The van der Waals surface area contributed by atoms with E-state index in [1.807, 2.05) is 6.20 Å². The second kappa shape index (κ2) is 6.15. The van der Waals surface area contributed by atoms with Crippen LogP contribution in [0.25, 0.3) is 0 Å². The lowest BCUT2D eigenvalue weighted by molar-refractivity contribution is 0.384. The Balaban J connectivity index is 2.22. The van der Waals surface area contributed by atoms with E-state index in [9.17, 15) is 0 Å². The minimum absolute atomic E-state index is 0.707. The van der Waals surface area contributed by atoms with Gasteiger partial charge in [-0.3, -0.25) is 4.98 Å². The van der Waals surface area contributed by atoms with E-state index in [-0.39, 0.29) is 0 Å². The molecule has 1 aliphatic carbocycles. The molecule has 2 nitrogen and oxygen atoms in total. The zero-order chi connectivity index (χ0) is 12.1. The van der Waals surface area contributed by atoms with E-state index in [1.165, 1.54) is 43.2 Å². The van der Waals surface area contributed by atoms with Crippen LogP contribution in [0.15, 0.2) is 18.5 Å². The monoisotopic (exact) mass is 232 g/mol. The molecule has 94 valence electrons. The van der Waals surface area contributed by atoms with E-state index in [4.69, 9.17) is 0 Å². The Hall–Kier alpha value is -0.890. The first-order valence-corrected chi connectivity index (χ1v) is 6.88. The van der Waals surface area contributed by atoms with E-state index in [0.29, 0.717) is 5.92 Å². The van der Waals surface area contributed by atoms with Crippen LogP contribution in [0.1, 0.15) is 49.1 Å². The van der Waals surface area contributed by atoms with Gasteiger partial charge in [0.2, 0.25) is 0 Å². The first-order chi connectivity index (χ1) is 8.33. The molecule has 1 heterocycles. The number of hydrogen-bond donors (Lipinski definition) is 1. The number of aromatic nitrogens is 1. The fraction of sp³-hybridized carbons (Fsp3) is 0.667. The SMILES string of the molecule is CNCC1CCCCCC1c1cnccc1C. The van der Waals surface area contributed by atoms with Gasteiger partial charge in [0, 0.05) is 12.4 Å². The van der Waals surface area contributed by atoms with Gasteiger partial charge in [0.1, 0.15) is 0 Å². The number of pyridine rings is 1. The summed E-state index contributed by atoms with van der Waals surface area (Å²) in [6.07, 6.45) is 10.9. The summed E-state index contributed by atoms with van der Waals surface area (Å²) in [5.41, 5.74) is 2.89. The van der Waals surface area contributed by atoms with Crippen LogP contribution in [-0.2, 0) is 0 Å². The lowest BCUT2D eigenvalue weighted by Crippen LogP contribution is -2.24. The Morgan fingerprint density at radius 3 is 2.88 bits per heavy atom. The second-order valence-electron chi connectivity index (χ2n) is 5.29. The van der Waals surface area contributed by atoms with E-state index in [2.05, 4.69) is 36.5 Å². The third-order valence-electron chi connectivity index (χ3n) is 4.10. The third-order valence-corrected chi connectivity index (χ3v) is 4.10. The van der Waals surface area contributed by atoms with Gasteiger partial charge in [-0.2, -0.15) is 0 Å². The maximum absolute atomic E-state index is 4.33. The molecule has 2 atom stereocenters. The van der Waals surface area contributed by atoms with Crippen molar-refractivity contribution >= 4 is 0 Å². The average molecular weight is 232 g/mol. The number of nitrogens with one attached hydrogen (secondary N) is 1. The Morgan fingerprint density at radius 1 is 1.29 bits per heavy atom. The van der Waals surface area contributed by atoms with E-state index >= 15 is 0 Å². The molecule has 0 saturated heterocycles. The van der Waals surface area contributed by atoms with Crippen molar-refractivity contribution in [2.75, 3.05) is 13.6 Å². The summed E-state index contributed by atoms with van der Waals surface area (Å²) >= 11 is 0. The number of hydrogen-bond acceptors (Lipinski definition) is 2. The largest absolute Gasteiger partial charge is 0.319 e. The van der Waals surface area contributed by atoms with Gasteiger partial charge in [0.05, 0.1) is 0 Å². The molecular formula is C15H24N2. The summed E-state index contributed by atoms with van der Waals surface area (Å²) in [5.74, 6) is 1.49. The molecule has 1 fully saturated rings. The van der Waals surface area contributed by atoms with Crippen molar-refractivity contribution in [2.45, 2.75) is 44.9 Å². The molecule has 0 radical (unpaired) electrons. The van der Waals surface area contributed by atoms with E-state index in [0.717, 1.165) is 12.5 Å². The molecule has 17 heavy (non-hydrogen) atoms. The first kappa shape index (κ1) is 12.6. The van der Waals surface area contributed by atoms with Gasteiger partial charge < -0.3 is 5.32 Å². The Morgan fingerprint density at radius 2 is 2.12 bits per heavy atom. The van der Waals surface area contributed by atoms with Gasteiger partial charge in [0.25, 0.3) is 0 Å². The molecule has 0 aliphatic heterocycles. The van der Waals surface area contributed by atoms with Gasteiger partial charge >= 0.3 is 0 Å². The minimum Gasteiger partial charge on any atom is -0.319 e. The van der Waals surface area contributed by atoms with Crippen molar-refractivity contribution in [2.24, 2.45) is 5.92 Å². The molecule has 1 saturated carbocycles. The Bertz CT molecular complexity index is 349. The average Bonchev–Trinajstić information content (AvgIpc) is 2.56. The normalized spacial score (nSPS) is 25.5. The highest BCUT2D eigenvalue weighted by Gasteiger charge is 2.25. The maximum Gasteiger partial charge on any atom is 0.0305 e. The van der Waals surface area contributed by atoms with Gasteiger partial charge in [-0.25, -0.2) is 0 Å². The molecule has 2 heteroatoms. The summed E-state index contributed by atoms with van der Waals surface area (Å²) < 4.78 is 0. The second-order valence-corrected chi connectivity index (χ2v) is 5.29. The van der Waals surface area contributed by atoms with Crippen LogP contribution < -0.4 is 5.32 Å². The minimum atomic E-state index is 0.707. The van der Waals surface area contributed by atoms with Gasteiger partial charge in [-0.05, 0) is 62.4 Å². The standard InChI is InChI=1S/C15H24N2/c1-12-8-9-17-11-15(12)14-7-5-3-4-6-13(14)10-16-2/h8-9,11,13-14,16H,3-7,10H2,1-2H3. The zero-order valence-corrected chi connectivity index (χ0v) is 11.1. The molecule has 2 rings (SSSR count). The van der Waals surface area contributed by atoms with Crippen molar-refractivity contribution in [3.05, 3.63) is 29.6 Å². The number of rotatable bonds is 3. The third kappa shape index (κ3) is 3.06. The van der Waals surface area contributed by atoms with Crippen molar-refractivity contribution in [3.8, 4) is 0 Å². The quantitative estimate of drug-likeness (QED) is 0.809. The fourth-order valence-electron chi connectivity index (χ4n) is 3.16. The smallest absolute Gasteiger partial charge is 0.0305 e. The molecule has 1 aromatic heterocycles. The molecule has 1 N–H and O–H groups in total. The first-order valence-electron chi connectivity index (χ1n) is 6.88. The molecule has 0 amide bonds. The van der Waals surface area contributed by atoms with Crippen molar-refractivity contribution in [1.29, 1.82) is 0 Å². The van der Waals surface area contributed by atoms with Gasteiger partial charge in [0.15, 0.2) is 0 Å². The molecule has 0 bridgehead atoms. The van der Waals surface area contributed by atoms with Crippen LogP contribution in [0, 0.1) is 12.8 Å².